The molecule has 0 aliphatic heterocycles. The van der Waals surface area contributed by atoms with E-state index >= 15 is 0 Å². The average molecular weight is 258 g/mol. The van der Waals surface area contributed by atoms with Crippen LogP contribution in [0.25, 0.3) is 0 Å². The van der Waals surface area contributed by atoms with Gasteiger partial charge in [0.2, 0.25) is 0 Å². The second-order valence-corrected chi connectivity index (χ2v) is 4.13. The summed E-state index contributed by atoms with van der Waals surface area (Å²) in [4.78, 5) is 23.7. The molecule has 5 heteroatoms. The fourth-order valence-corrected chi connectivity index (χ4v) is 1.69. The molecule has 0 amide bonds. The van der Waals surface area contributed by atoms with Crippen molar-refractivity contribution in [2.75, 3.05) is 7.11 Å². The normalized spacial score (nSPS) is 10.2. The maximum atomic E-state index is 12.1. The minimum Gasteiger partial charge on any atom is -0.497 e. The Morgan fingerprint density at radius 2 is 2.11 bits per heavy atom. The first kappa shape index (κ1) is 13.0. The van der Waals surface area contributed by atoms with Crippen LogP contribution in [0.4, 0.5) is 0 Å². The Kier molecular flexibility index (Phi) is 3.75. The van der Waals surface area contributed by atoms with Gasteiger partial charge in [0, 0.05) is 11.6 Å². The highest BCUT2D eigenvalue weighted by molar-refractivity contribution is 5.96. The van der Waals surface area contributed by atoms with Crippen molar-refractivity contribution in [1.29, 1.82) is 0 Å². The highest BCUT2D eigenvalue weighted by Crippen LogP contribution is 2.13. The van der Waals surface area contributed by atoms with Crippen LogP contribution >= 0.6 is 0 Å². The molecule has 5 nitrogen and oxygen atoms in total. The number of ether oxygens (including phenoxy) is 1. The van der Waals surface area contributed by atoms with Gasteiger partial charge in [-0.3, -0.25) is 9.59 Å². The first-order chi connectivity index (χ1) is 9.10. The molecule has 0 radical (unpaired) electrons. The summed E-state index contributed by atoms with van der Waals surface area (Å²) in [6, 6.07) is 9.84. The van der Waals surface area contributed by atoms with Crippen LogP contribution in [0.15, 0.2) is 41.2 Å². The quantitative estimate of drug-likeness (QED) is 0.779. The van der Waals surface area contributed by atoms with Crippen molar-refractivity contribution >= 4 is 5.78 Å². The molecule has 0 aliphatic rings. The molecule has 0 aliphatic carbocycles. The Balaban J connectivity index is 2.25. The number of methoxy groups -OCH3 is 1. The van der Waals surface area contributed by atoms with Crippen LogP contribution in [0.1, 0.15) is 16.1 Å². The predicted octanol–water partition coefficient (Wildman–Crippen LogP) is 1.44. The number of carbonyl (C=O) groups excluding carboxylic acids is 1. The van der Waals surface area contributed by atoms with Crippen molar-refractivity contribution in [2.45, 2.75) is 13.5 Å². The van der Waals surface area contributed by atoms with Gasteiger partial charge in [-0.25, -0.2) is 4.68 Å². The Bertz CT molecular complexity index is 662. The number of nitrogens with zero attached hydrogens (tertiary/aromatic N) is 2. The fourth-order valence-electron chi connectivity index (χ4n) is 1.69. The summed E-state index contributed by atoms with van der Waals surface area (Å²) in [5, 5.41) is 4.03. The standard InChI is InChI=1S/C14H14N2O3/c1-10-6-7-14(18)16(15-10)9-13(17)11-4-3-5-12(8-11)19-2/h3-8H,9H2,1-2H3. The first-order valence-electron chi connectivity index (χ1n) is 5.82. The lowest BCUT2D eigenvalue weighted by Gasteiger charge is -2.06. The number of Topliss-reactive ketones (excluding diaryl/α,β-unsaturated/α-hetero) is 1. The average Bonchev–Trinajstić information content (AvgIpc) is 2.43. The SMILES string of the molecule is COc1cccc(C(=O)Cn2nc(C)ccc2=O)c1. The van der Waals surface area contributed by atoms with E-state index in [-0.39, 0.29) is 17.9 Å². The summed E-state index contributed by atoms with van der Waals surface area (Å²) < 4.78 is 6.23. The molecule has 19 heavy (non-hydrogen) atoms. The van der Waals surface area contributed by atoms with E-state index in [2.05, 4.69) is 5.10 Å². The van der Waals surface area contributed by atoms with Crippen LogP contribution in [0.5, 0.6) is 5.75 Å². The molecule has 0 bridgehead atoms. The summed E-state index contributed by atoms with van der Waals surface area (Å²) >= 11 is 0. The Labute approximate surface area is 110 Å². The molecule has 1 heterocycles. The van der Waals surface area contributed by atoms with Gasteiger partial charge in [0.15, 0.2) is 5.78 Å². The van der Waals surface area contributed by atoms with Gasteiger partial charge >= 0.3 is 0 Å². The molecule has 0 fully saturated rings. The minimum atomic E-state index is -0.290. The third-order valence-corrected chi connectivity index (χ3v) is 2.69. The zero-order valence-corrected chi connectivity index (χ0v) is 10.8. The van der Waals surface area contributed by atoms with Crippen LogP contribution in [0.2, 0.25) is 0 Å². The van der Waals surface area contributed by atoms with Gasteiger partial charge in [0.05, 0.1) is 12.8 Å². The van der Waals surface area contributed by atoms with E-state index in [0.29, 0.717) is 17.0 Å². The highest BCUT2D eigenvalue weighted by atomic mass is 16.5. The van der Waals surface area contributed by atoms with E-state index in [0.717, 1.165) is 4.68 Å². The molecule has 0 saturated heterocycles. The third-order valence-electron chi connectivity index (χ3n) is 2.69. The third kappa shape index (κ3) is 3.07. The first-order valence-corrected chi connectivity index (χ1v) is 5.82. The summed E-state index contributed by atoms with van der Waals surface area (Å²) in [5.41, 5.74) is 0.898. The molecule has 2 rings (SSSR count). The topological polar surface area (TPSA) is 61.2 Å². The molecule has 0 spiro atoms. The number of benzene rings is 1. The predicted molar refractivity (Wildman–Crippen MR) is 70.6 cm³/mol. The van der Waals surface area contributed by atoms with Crippen molar-refractivity contribution in [3.05, 3.63) is 58.0 Å². The molecule has 1 aromatic heterocycles. The molecule has 1 aromatic carbocycles. The largest absolute Gasteiger partial charge is 0.497 e. The van der Waals surface area contributed by atoms with E-state index < -0.39 is 0 Å². The Morgan fingerprint density at radius 3 is 2.84 bits per heavy atom. The van der Waals surface area contributed by atoms with Gasteiger partial charge in [-0.05, 0) is 25.1 Å². The molecular formula is C14H14N2O3. The van der Waals surface area contributed by atoms with Crippen LogP contribution in [0.3, 0.4) is 0 Å². The van der Waals surface area contributed by atoms with Crippen molar-refractivity contribution in [1.82, 2.24) is 9.78 Å². The number of rotatable bonds is 4. The molecule has 0 N–H and O–H groups in total. The lowest BCUT2D eigenvalue weighted by molar-refractivity contribution is 0.0965. The van der Waals surface area contributed by atoms with Crippen LogP contribution < -0.4 is 10.3 Å². The van der Waals surface area contributed by atoms with Gasteiger partial charge in [-0.15, -0.1) is 0 Å². The van der Waals surface area contributed by atoms with Gasteiger partial charge < -0.3 is 4.74 Å². The molecular weight excluding hydrogens is 244 g/mol. The van der Waals surface area contributed by atoms with E-state index in [9.17, 15) is 9.59 Å². The van der Waals surface area contributed by atoms with Crippen LogP contribution in [0, 0.1) is 6.92 Å². The Morgan fingerprint density at radius 1 is 1.32 bits per heavy atom. The van der Waals surface area contributed by atoms with Crippen molar-refractivity contribution < 1.29 is 9.53 Å². The number of aromatic nitrogens is 2. The second-order valence-electron chi connectivity index (χ2n) is 4.13. The zero-order valence-electron chi connectivity index (χ0n) is 10.8. The number of carbonyl (C=O) groups is 1. The van der Waals surface area contributed by atoms with Crippen LogP contribution in [-0.2, 0) is 6.54 Å². The summed E-state index contributed by atoms with van der Waals surface area (Å²) in [5.74, 6) is 0.425. The molecule has 0 saturated carbocycles. The van der Waals surface area contributed by atoms with E-state index in [1.54, 1.807) is 37.3 Å². The zero-order chi connectivity index (χ0) is 13.8. The van der Waals surface area contributed by atoms with Crippen LogP contribution in [-0.4, -0.2) is 22.7 Å². The molecule has 2 aromatic rings. The monoisotopic (exact) mass is 258 g/mol. The summed E-state index contributed by atoms with van der Waals surface area (Å²) in [6.45, 7) is 1.69. The Hall–Kier alpha value is -2.43. The highest BCUT2D eigenvalue weighted by Gasteiger charge is 2.09. The number of ketones is 1. The summed E-state index contributed by atoms with van der Waals surface area (Å²) in [7, 11) is 1.54. The molecule has 98 valence electrons. The van der Waals surface area contributed by atoms with Gasteiger partial charge in [0.1, 0.15) is 12.3 Å². The number of hydrogen-bond acceptors (Lipinski definition) is 4. The minimum absolute atomic E-state index is 0.0757. The second kappa shape index (κ2) is 5.48. The smallest absolute Gasteiger partial charge is 0.267 e. The summed E-state index contributed by atoms with van der Waals surface area (Å²) in [6.07, 6.45) is 0. The number of aryl methyl sites for hydroxylation is 1. The maximum Gasteiger partial charge on any atom is 0.267 e. The van der Waals surface area contributed by atoms with Crippen molar-refractivity contribution in [3.63, 3.8) is 0 Å². The van der Waals surface area contributed by atoms with Crippen molar-refractivity contribution in [3.8, 4) is 5.75 Å². The fraction of sp³-hybridized carbons (Fsp3) is 0.214. The van der Waals surface area contributed by atoms with Gasteiger partial charge in [-0.1, -0.05) is 12.1 Å². The number of hydrogen-bond donors (Lipinski definition) is 0. The van der Waals surface area contributed by atoms with Gasteiger partial charge in [-0.2, -0.15) is 5.10 Å². The maximum absolute atomic E-state index is 12.1. The lowest BCUT2D eigenvalue weighted by Crippen LogP contribution is -2.26. The van der Waals surface area contributed by atoms with E-state index in [1.807, 2.05) is 0 Å². The van der Waals surface area contributed by atoms with E-state index in [4.69, 9.17) is 4.74 Å². The molecule has 0 atom stereocenters. The van der Waals surface area contributed by atoms with Crippen molar-refractivity contribution in [2.24, 2.45) is 0 Å². The van der Waals surface area contributed by atoms with Gasteiger partial charge in [0.25, 0.3) is 5.56 Å². The van der Waals surface area contributed by atoms with E-state index in [1.165, 1.54) is 13.2 Å². The molecule has 0 unspecified atom stereocenters. The lowest BCUT2D eigenvalue weighted by atomic mass is 10.1.